The Hall–Kier alpha value is -3.88. The number of methoxy groups -OCH3 is 1. The van der Waals surface area contributed by atoms with E-state index in [-0.39, 0.29) is 17.7 Å². The number of hydrogen-bond acceptors (Lipinski definition) is 5. The van der Waals surface area contributed by atoms with Gasteiger partial charge in [0.05, 0.1) is 19.3 Å². The molecule has 0 aliphatic carbocycles. The molecule has 0 spiro atoms. The van der Waals surface area contributed by atoms with E-state index in [9.17, 15) is 14.4 Å². The van der Waals surface area contributed by atoms with E-state index in [1.54, 1.807) is 16.4 Å². The molecule has 9 heteroatoms. The van der Waals surface area contributed by atoms with Gasteiger partial charge < -0.3 is 19.9 Å². The van der Waals surface area contributed by atoms with Crippen LogP contribution in [0.5, 0.6) is 5.75 Å². The second-order valence-electron chi connectivity index (χ2n) is 9.29. The average molecular weight is 494 g/mol. The first kappa shape index (κ1) is 26.7. The van der Waals surface area contributed by atoms with Gasteiger partial charge in [-0.3, -0.25) is 19.1 Å². The molecule has 0 atom stereocenters. The van der Waals surface area contributed by atoms with Crippen molar-refractivity contribution >= 4 is 11.8 Å². The average Bonchev–Trinajstić information content (AvgIpc) is 3.08. The highest BCUT2D eigenvalue weighted by Gasteiger charge is 2.21. The van der Waals surface area contributed by atoms with Crippen molar-refractivity contribution in [1.29, 1.82) is 0 Å². The first-order valence-electron chi connectivity index (χ1n) is 12.0. The molecule has 0 unspecified atom stereocenters. The molecule has 1 aromatic carbocycles. The van der Waals surface area contributed by atoms with E-state index in [4.69, 9.17) is 4.74 Å². The van der Waals surface area contributed by atoms with Gasteiger partial charge in [0.2, 0.25) is 5.43 Å². The molecule has 2 aromatic heterocycles. The second kappa shape index (κ2) is 11.7. The van der Waals surface area contributed by atoms with Gasteiger partial charge in [-0.15, -0.1) is 0 Å². The van der Waals surface area contributed by atoms with Crippen molar-refractivity contribution < 1.29 is 14.3 Å². The Morgan fingerprint density at radius 3 is 2.28 bits per heavy atom. The Morgan fingerprint density at radius 2 is 1.69 bits per heavy atom. The van der Waals surface area contributed by atoms with Gasteiger partial charge in [-0.25, -0.2) is 0 Å². The van der Waals surface area contributed by atoms with Crippen molar-refractivity contribution in [2.75, 3.05) is 13.7 Å². The van der Waals surface area contributed by atoms with Crippen LogP contribution >= 0.6 is 0 Å². The number of nitrogens with zero attached hydrogens (tertiary/aromatic N) is 3. The maximum Gasteiger partial charge on any atom is 0.257 e. The van der Waals surface area contributed by atoms with Gasteiger partial charge in [0.25, 0.3) is 11.8 Å². The van der Waals surface area contributed by atoms with Crippen molar-refractivity contribution in [3.05, 3.63) is 80.5 Å². The van der Waals surface area contributed by atoms with Crippen LogP contribution in [0.2, 0.25) is 0 Å². The third kappa shape index (κ3) is 6.21. The number of carbonyl (C=O) groups excluding carboxylic acids is 2. The molecule has 0 aliphatic heterocycles. The van der Waals surface area contributed by atoms with Gasteiger partial charge in [0, 0.05) is 49.4 Å². The molecule has 0 saturated heterocycles. The van der Waals surface area contributed by atoms with Crippen LogP contribution in [0.3, 0.4) is 0 Å². The van der Waals surface area contributed by atoms with Crippen LogP contribution in [-0.2, 0) is 20.1 Å². The summed E-state index contributed by atoms with van der Waals surface area (Å²) < 4.78 is 8.86. The fraction of sp³-hybridized carbons (Fsp3) is 0.407. The minimum atomic E-state index is -0.606. The van der Waals surface area contributed by atoms with Crippen LogP contribution < -0.4 is 20.8 Å². The molecule has 0 saturated carbocycles. The predicted octanol–water partition coefficient (Wildman–Crippen LogP) is 2.96. The number of para-hydroxylation sites is 1. The first-order chi connectivity index (χ1) is 17.1. The lowest BCUT2D eigenvalue weighted by Crippen LogP contribution is -2.36. The fourth-order valence-corrected chi connectivity index (χ4v) is 3.98. The molecular formula is C27H35N5O4. The quantitative estimate of drug-likeness (QED) is 0.452. The zero-order valence-electron chi connectivity index (χ0n) is 21.8. The number of hydrogen-bond donors (Lipinski definition) is 2. The Bertz CT molecular complexity index is 1310. The lowest BCUT2D eigenvalue weighted by Gasteiger charge is -2.15. The lowest BCUT2D eigenvalue weighted by molar-refractivity contribution is 0.0948. The summed E-state index contributed by atoms with van der Waals surface area (Å²) in [6.07, 6.45) is 3.76. The van der Waals surface area contributed by atoms with E-state index in [0.717, 1.165) is 28.9 Å². The van der Waals surface area contributed by atoms with Gasteiger partial charge in [0.15, 0.2) is 0 Å². The normalized spacial score (nSPS) is 11.0. The van der Waals surface area contributed by atoms with Crippen molar-refractivity contribution in [3.63, 3.8) is 0 Å². The van der Waals surface area contributed by atoms with Crippen LogP contribution in [-0.4, -0.2) is 39.8 Å². The van der Waals surface area contributed by atoms with E-state index in [1.165, 1.54) is 12.4 Å². The largest absolute Gasteiger partial charge is 0.496 e. The molecule has 3 rings (SSSR count). The minimum Gasteiger partial charge on any atom is -0.496 e. The molecule has 9 nitrogen and oxygen atoms in total. The number of ether oxygens (including phenoxy) is 1. The number of aryl methyl sites for hydroxylation is 2. The number of nitrogens with one attached hydrogen (secondary N) is 2. The number of rotatable bonds is 10. The summed E-state index contributed by atoms with van der Waals surface area (Å²) in [7, 11) is 3.42. The topological polar surface area (TPSA) is 107 Å². The monoisotopic (exact) mass is 493 g/mol. The Labute approximate surface area is 211 Å². The Balaban J connectivity index is 1.95. The molecule has 2 amide bonds. The summed E-state index contributed by atoms with van der Waals surface area (Å²) in [5.41, 5.74) is 2.70. The summed E-state index contributed by atoms with van der Waals surface area (Å²) in [6, 6.07) is 7.48. The highest BCUT2D eigenvalue weighted by molar-refractivity contribution is 5.99. The van der Waals surface area contributed by atoms with E-state index < -0.39 is 17.2 Å². The van der Waals surface area contributed by atoms with Crippen LogP contribution in [0.25, 0.3) is 0 Å². The number of pyridine rings is 1. The fourth-order valence-electron chi connectivity index (χ4n) is 3.98. The third-order valence-corrected chi connectivity index (χ3v) is 6.21. The zero-order valence-corrected chi connectivity index (χ0v) is 21.8. The summed E-state index contributed by atoms with van der Waals surface area (Å²) in [4.78, 5) is 39.3. The van der Waals surface area contributed by atoms with Crippen molar-refractivity contribution in [1.82, 2.24) is 25.0 Å². The van der Waals surface area contributed by atoms with E-state index in [1.807, 2.05) is 45.2 Å². The predicted molar refractivity (Wildman–Crippen MR) is 138 cm³/mol. The molecule has 0 bridgehead atoms. The van der Waals surface area contributed by atoms with Gasteiger partial charge in [-0.05, 0) is 32.3 Å². The number of benzene rings is 1. The Kier molecular flexibility index (Phi) is 8.68. The van der Waals surface area contributed by atoms with Crippen molar-refractivity contribution in [3.8, 4) is 5.75 Å². The minimum absolute atomic E-state index is 0.0740. The van der Waals surface area contributed by atoms with E-state index in [0.29, 0.717) is 24.8 Å². The summed E-state index contributed by atoms with van der Waals surface area (Å²) in [5.74, 6) is 0.0351. The molecule has 0 aliphatic rings. The van der Waals surface area contributed by atoms with Crippen molar-refractivity contribution in [2.45, 2.75) is 47.2 Å². The highest BCUT2D eigenvalue weighted by Crippen LogP contribution is 2.19. The van der Waals surface area contributed by atoms with Gasteiger partial charge in [-0.2, -0.15) is 5.10 Å². The van der Waals surface area contributed by atoms with Gasteiger partial charge in [-0.1, -0.05) is 32.0 Å². The maximum atomic E-state index is 13.2. The summed E-state index contributed by atoms with van der Waals surface area (Å²) >= 11 is 0. The second-order valence-corrected chi connectivity index (χ2v) is 9.29. The van der Waals surface area contributed by atoms with Crippen LogP contribution in [0.15, 0.2) is 41.5 Å². The van der Waals surface area contributed by atoms with Crippen molar-refractivity contribution in [2.24, 2.45) is 13.0 Å². The molecule has 36 heavy (non-hydrogen) atoms. The van der Waals surface area contributed by atoms with Crippen LogP contribution in [0.1, 0.15) is 63.5 Å². The summed E-state index contributed by atoms with van der Waals surface area (Å²) in [6.45, 7) is 8.89. The molecule has 3 aromatic rings. The maximum absolute atomic E-state index is 13.2. The van der Waals surface area contributed by atoms with Crippen LogP contribution in [0, 0.1) is 19.8 Å². The molecule has 192 valence electrons. The number of carbonyl (C=O) groups is 2. The SMILES string of the molecule is COc1ccccc1Cn1cc(C(=O)NCCC(C)C)c(=O)c(C(=O)NCc2c(C)nn(C)c2C)c1. The van der Waals surface area contributed by atoms with Gasteiger partial charge in [0.1, 0.15) is 16.9 Å². The molecular weight excluding hydrogens is 458 g/mol. The Morgan fingerprint density at radius 1 is 1.06 bits per heavy atom. The van der Waals surface area contributed by atoms with Crippen LogP contribution in [0.4, 0.5) is 0 Å². The molecule has 2 heterocycles. The smallest absolute Gasteiger partial charge is 0.257 e. The third-order valence-electron chi connectivity index (χ3n) is 6.21. The highest BCUT2D eigenvalue weighted by atomic mass is 16.5. The molecule has 0 radical (unpaired) electrons. The summed E-state index contributed by atoms with van der Waals surface area (Å²) in [5, 5.41) is 10.0. The molecule has 2 N–H and O–H groups in total. The standard InChI is InChI=1S/C27H35N5O4/c1-17(2)11-12-28-26(34)22-15-32(14-20-9-7-8-10-24(20)36-6)16-23(25(22)33)27(35)29-13-21-18(3)30-31(5)19(21)4/h7-10,15-17H,11-14H2,1-6H3,(H,28,34)(H,29,35). The number of amides is 2. The lowest BCUT2D eigenvalue weighted by atomic mass is 10.1. The van der Waals surface area contributed by atoms with E-state index >= 15 is 0 Å². The van der Waals surface area contributed by atoms with E-state index in [2.05, 4.69) is 29.6 Å². The van der Waals surface area contributed by atoms with Gasteiger partial charge >= 0.3 is 0 Å². The molecule has 0 fully saturated rings. The number of aromatic nitrogens is 3. The first-order valence-corrected chi connectivity index (χ1v) is 12.0. The zero-order chi connectivity index (χ0) is 26.4.